The standard InChI is InChI=1S/C21H19N5O2S/c1-13-22-19(26-28-13)21(10-5-11-21)25-20(27)23-15-7-4-6-14(12-15)18-24-16-8-2-3-9-17(16)29-18/h2-4,6-9,12H,5,10-11H2,1H3,(H2,23,25,27). The molecule has 2 aromatic heterocycles. The van der Waals surface area contributed by atoms with Crippen LogP contribution in [0.1, 0.15) is 31.0 Å². The summed E-state index contributed by atoms with van der Waals surface area (Å²) in [6, 6.07) is 15.5. The number of carbonyl (C=O) groups is 1. The molecule has 2 heterocycles. The van der Waals surface area contributed by atoms with Gasteiger partial charge in [0.05, 0.1) is 10.2 Å². The van der Waals surface area contributed by atoms with Crippen LogP contribution in [0.3, 0.4) is 0 Å². The number of anilines is 1. The average molecular weight is 405 g/mol. The van der Waals surface area contributed by atoms with E-state index in [1.165, 1.54) is 0 Å². The second-order valence-corrected chi connectivity index (χ2v) is 8.25. The number of para-hydroxylation sites is 1. The van der Waals surface area contributed by atoms with Crippen molar-refractivity contribution in [3.63, 3.8) is 0 Å². The number of aromatic nitrogens is 3. The monoisotopic (exact) mass is 405 g/mol. The number of amides is 2. The van der Waals surface area contributed by atoms with E-state index in [9.17, 15) is 4.79 Å². The van der Waals surface area contributed by atoms with Crippen molar-refractivity contribution in [1.29, 1.82) is 0 Å². The quantitative estimate of drug-likeness (QED) is 0.506. The third-order valence-corrected chi connectivity index (χ3v) is 6.26. The van der Waals surface area contributed by atoms with Gasteiger partial charge in [-0.15, -0.1) is 11.3 Å². The number of nitrogens with zero attached hydrogens (tertiary/aromatic N) is 3. The van der Waals surface area contributed by atoms with Crippen molar-refractivity contribution in [3.8, 4) is 10.6 Å². The lowest BCUT2D eigenvalue weighted by Crippen LogP contribution is -2.52. The van der Waals surface area contributed by atoms with E-state index in [4.69, 9.17) is 9.51 Å². The maximum Gasteiger partial charge on any atom is 0.320 e. The predicted molar refractivity (Wildman–Crippen MR) is 112 cm³/mol. The van der Waals surface area contributed by atoms with Crippen LogP contribution in [-0.4, -0.2) is 21.2 Å². The third-order valence-electron chi connectivity index (χ3n) is 5.18. The molecule has 1 saturated carbocycles. The first kappa shape index (κ1) is 17.8. The maximum absolute atomic E-state index is 12.7. The predicted octanol–water partition coefficient (Wildman–Crippen LogP) is 4.86. The van der Waals surface area contributed by atoms with E-state index in [1.54, 1.807) is 18.3 Å². The molecule has 1 aliphatic carbocycles. The van der Waals surface area contributed by atoms with Gasteiger partial charge in [0.2, 0.25) is 5.89 Å². The first-order valence-electron chi connectivity index (χ1n) is 9.47. The summed E-state index contributed by atoms with van der Waals surface area (Å²) in [6.45, 7) is 1.75. The Morgan fingerprint density at radius 1 is 1.14 bits per heavy atom. The lowest BCUT2D eigenvalue weighted by atomic mass is 9.76. The van der Waals surface area contributed by atoms with E-state index < -0.39 is 5.54 Å². The fraction of sp³-hybridized carbons (Fsp3) is 0.238. The second-order valence-electron chi connectivity index (χ2n) is 7.22. The first-order chi connectivity index (χ1) is 14.1. The van der Waals surface area contributed by atoms with Crippen molar-refractivity contribution in [2.75, 3.05) is 5.32 Å². The summed E-state index contributed by atoms with van der Waals surface area (Å²) in [5.41, 5.74) is 2.10. The van der Waals surface area contributed by atoms with Crippen LogP contribution in [-0.2, 0) is 5.54 Å². The van der Waals surface area contributed by atoms with Gasteiger partial charge in [-0.05, 0) is 43.5 Å². The van der Waals surface area contributed by atoms with Crippen LogP contribution in [0.4, 0.5) is 10.5 Å². The highest BCUT2D eigenvalue weighted by Gasteiger charge is 2.44. The van der Waals surface area contributed by atoms with Crippen molar-refractivity contribution in [1.82, 2.24) is 20.4 Å². The minimum atomic E-state index is -0.549. The molecule has 0 unspecified atom stereocenters. The summed E-state index contributed by atoms with van der Waals surface area (Å²) in [5, 5.41) is 10.9. The topological polar surface area (TPSA) is 92.9 Å². The minimum Gasteiger partial charge on any atom is -0.340 e. The molecule has 29 heavy (non-hydrogen) atoms. The Morgan fingerprint density at radius 2 is 2.00 bits per heavy atom. The van der Waals surface area contributed by atoms with Gasteiger partial charge in [-0.1, -0.05) is 29.4 Å². The fourth-order valence-corrected chi connectivity index (χ4v) is 4.50. The Balaban J connectivity index is 1.34. The average Bonchev–Trinajstić information content (AvgIpc) is 3.31. The van der Waals surface area contributed by atoms with E-state index in [2.05, 4.69) is 26.8 Å². The summed E-state index contributed by atoms with van der Waals surface area (Å²) < 4.78 is 6.24. The molecule has 0 aliphatic heterocycles. The molecule has 0 radical (unpaired) electrons. The van der Waals surface area contributed by atoms with Crippen molar-refractivity contribution in [2.45, 2.75) is 31.7 Å². The molecule has 1 fully saturated rings. The lowest BCUT2D eigenvalue weighted by Gasteiger charge is -2.39. The fourth-order valence-electron chi connectivity index (χ4n) is 3.53. The molecular weight excluding hydrogens is 386 g/mol. The SMILES string of the molecule is Cc1nc(C2(NC(=O)Nc3cccc(-c4nc5ccccc5s4)c3)CCC2)no1. The van der Waals surface area contributed by atoms with Gasteiger partial charge in [-0.3, -0.25) is 0 Å². The smallest absolute Gasteiger partial charge is 0.320 e. The molecule has 2 aromatic carbocycles. The Bertz CT molecular complexity index is 1160. The van der Waals surface area contributed by atoms with Crippen LogP contribution in [0.15, 0.2) is 53.1 Å². The van der Waals surface area contributed by atoms with Crippen molar-refractivity contribution < 1.29 is 9.32 Å². The van der Waals surface area contributed by atoms with Crippen molar-refractivity contribution in [2.24, 2.45) is 0 Å². The van der Waals surface area contributed by atoms with Gasteiger partial charge in [0.15, 0.2) is 5.82 Å². The van der Waals surface area contributed by atoms with Crippen LogP contribution in [0.2, 0.25) is 0 Å². The van der Waals surface area contributed by atoms with Crippen molar-refractivity contribution in [3.05, 3.63) is 60.2 Å². The number of aryl methyl sites for hydroxylation is 1. The van der Waals surface area contributed by atoms with Gasteiger partial charge in [-0.25, -0.2) is 9.78 Å². The number of carbonyl (C=O) groups excluding carboxylic acids is 1. The molecule has 146 valence electrons. The number of fused-ring (bicyclic) bond motifs is 1. The molecule has 7 nitrogen and oxygen atoms in total. The molecular formula is C21H19N5O2S. The van der Waals surface area contributed by atoms with Crippen LogP contribution in [0.5, 0.6) is 0 Å². The third kappa shape index (κ3) is 3.36. The Hall–Kier alpha value is -3.26. The van der Waals surface area contributed by atoms with E-state index in [0.29, 0.717) is 17.4 Å². The molecule has 4 aromatic rings. The molecule has 0 spiro atoms. The highest BCUT2D eigenvalue weighted by atomic mass is 32.1. The number of hydrogen-bond acceptors (Lipinski definition) is 6. The Morgan fingerprint density at radius 3 is 2.72 bits per heavy atom. The van der Waals surface area contributed by atoms with Crippen LogP contribution >= 0.6 is 11.3 Å². The normalized spacial score (nSPS) is 15.1. The number of thiazole rings is 1. The van der Waals surface area contributed by atoms with Crippen LogP contribution < -0.4 is 10.6 Å². The largest absolute Gasteiger partial charge is 0.340 e. The van der Waals surface area contributed by atoms with Gasteiger partial charge in [-0.2, -0.15) is 4.98 Å². The summed E-state index contributed by atoms with van der Waals surface area (Å²) in [4.78, 5) is 21.7. The number of urea groups is 1. The summed E-state index contributed by atoms with van der Waals surface area (Å²) in [5.74, 6) is 1.04. The number of nitrogens with one attached hydrogen (secondary N) is 2. The molecule has 0 atom stereocenters. The summed E-state index contributed by atoms with van der Waals surface area (Å²) >= 11 is 1.63. The van der Waals surface area contributed by atoms with Crippen molar-refractivity contribution >= 4 is 33.3 Å². The molecule has 0 bridgehead atoms. The van der Waals surface area contributed by atoms with Crippen LogP contribution in [0, 0.1) is 6.92 Å². The highest BCUT2D eigenvalue weighted by molar-refractivity contribution is 7.21. The highest BCUT2D eigenvalue weighted by Crippen LogP contribution is 2.40. The van der Waals surface area contributed by atoms with E-state index in [0.717, 1.165) is 40.1 Å². The number of benzene rings is 2. The molecule has 2 N–H and O–H groups in total. The maximum atomic E-state index is 12.7. The zero-order chi connectivity index (χ0) is 19.8. The second kappa shape index (κ2) is 6.97. The zero-order valence-electron chi connectivity index (χ0n) is 15.8. The van der Waals surface area contributed by atoms with Gasteiger partial charge in [0, 0.05) is 18.2 Å². The van der Waals surface area contributed by atoms with E-state index >= 15 is 0 Å². The van der Waals surface area contributed by atoms with Gasteiger partial charge >= 0.3 is 6.03 Å². The molecule has 0 saturated heterocycles. The van der Waals surface area contributed by atoms with Gasteiger partial charge in [0.1, 0.15) is 10.5 Å². The summed E-state index contributed by atoms with van der Waals surface area (Å²) in [6.07, 6.45) is 2.61. The Labute approximate surface area is 171 Å². The van der Waals surface area contributed by atoms with Gasteiger partial charge < -0.3 is 15.2 Å². The van der Waals surface area contributed by atoms with Gasteiger partial charge in [0.25, 0.3) is 0 Å². The van der Waals surface area contributed by atoms with Crippen LogP contribution in [0.25, 0.3) is 20.8 Å². The number of hydrogen-bond donors (Lipinski definition) is 2. The summed E-state index contributed by atoms with van der Waals surface area (Å²) in [7, 11) is 0. The number of rotatable bonds is 4. The minimum absolute atomic E-state index is 0.284. The molecule has 1 aliphatic rings. The van der Waals surface area contributed by atoms with E-state index in [1.807, 2.05) is 42.5 Å². The Kier molecular flexibility index (Phi) is 4.28. The first-order valence-corrected chi connectivity index (χ1v) is 10.3. The zero-order valence-corrected chi connectivity index (χ0v) is 16.6. The molecule has 5 rings (SSSR count). The molecule has 2 amide bonds. The lowest BCUT2D eigenvalue weighted by molar-refractivity contribution is 0.171. The molecule has 8 heteroatoms. The van der Waals surface area contributed by atoms with E-state index in [-0.39, 0.29) is 6.03 Å².